The Morgan fingerprint density at radius 2 is 1.65 bits per heavy atom. The molecule has 9 nitrogen and oxygen atoms in total. The van der Waals surface area contributed by atoms with Gasteiger partial charge in [0, 0.05) is 27.7 Å². The van der Waals surface area contributed by atoms with Crippen LogP contribution in [0.25, 0.3) is 0 Å². The number of hydrogen-bond donors (Lipinski definition) is 0. The summed E-state index contributed by atoms with van der Waals surface area (Å²) < 4.78 is 26.5. The molecule has 2 heterocycles. The van der Waals surface area contributed by atoms with E-state index < -0.39 is 48.6 Å². The number of carbonyl (C=O) groups is 3. The summed E-state index contributed by atoms with van der Waals surface area (Å²) in [4.78, 5) is 38.1. The molecule has 1 saturated heterocycles. The van der Waals surface area contributed by atoms with Crippen molar-refractivity contribution in [1.82, 2.24) is 0 Å². The lowest BCUT2D eigenvalue weighted by Gasteiger charge is -2.40. The number of aliphatic imine (C=N–C) groups is 1. The van der Waals surface area contributed by atoms with Gasteiger partial charge in [-0.05, 0) is 0 Å². The van der Waals surface area contributed by atoms with Gasteiger partial charge in [-0.15, -0.1) is 0 Å². The van der Waals surface area contributed by atoms with Crippen LogP contribution in [0.2, 0.25) is 0 Å². The van der Waals surface area contributed by atoms with Crippen molar-refractivity contribution in [3.05, 3.63) is 0 Å². The van der Waals surface area contributed by atoms with Crippen LogP contribution in [0.5, 0.6) is 0 Å². The van der Waals surface area contributed by atoms with Crippen LogP contribution in [0.4, 0.5) is 0 Å². The fourth-order valence-corrected chi connectivity index (χ4v) is 2.53. The van der Waals surface area contributed by atoms with Crippen LogP contribution in [0.1, 0.15) is 27.7 Å². The van der Waals surface area contributed by atoms with Gasteiger partial charge < -0.3 is 23.7 Å². The molecule has 0 bridgehead atoms. The first kappa shape index (κ1) is 17.2. The molecule has 0 N–H and O–H groups in total. The molecular formula is C14H19NO8. The normalized spacial score (nSPS) is 32.2. The summed E-state index contributed by atoms with van der Waals surface area (Å²) in [7, 11) is 0. The molecule has 5 atom stereocenters. The van der Waals surface area contributed by atoms with Gasteiger partial charge in [0.1, 0.15) is 12.7 Å². The van der Waals surface area contributed by atoms with E-state index in [1.807, 2.05) is 0 Å². The Bertz CT molecular complexity index is 531. The molecule has 0 radical (unpaired) electrons. The molecule has 0 aliphatic carbocycles. The highest BCUT2D eigenvalue weighted by Gasteiger charge is 2.53. The van der Waals surface area contributed by atoms with Crippen LogP contribution in [0.3, 0.4) is 0 Å². The van der Waals surface area contributed by atoms with Crippen molar-refractivity contribution in [3.8, 4) is 0 Å². The Kier molecular flexibility index (Phi) is 5.19. The third-order valence-electron chi connectivity index (χ3n) is 3.29. The third kappa shape index (κ3) is 4.19. The first-order valence-electron chi connectivity index (χ1n) is 7.12. The summed E-state index contributed by atoms with van der Waals surface area (Å²) in [6, 6.07) is -0.656. The molecule has 0 aromatic carbocycles. The zero-order valence-electron chi connectivity index (χ0n) is 13.3. The Morgan fingerprint density at radius 1 is 1.04 bits per heavy atom. The predicted molar refractivity (Wildman–Crippen MR) is 74.4 cm³/mol. The average Bonchev–Trinajstić information content (AvgIpc) is 2.78. The van der Waals surface area contributed by atoms with E-state index in [-0.39, 0.29) is 6.61 Å². The van der Waals surface area contributed by atoms with Crippen LogP contribution in [-0.2, 0) is 38.1 Å². The van der Waals surface area contributed by atoms with Gasteiger partial charge in [0.2, 0.25) is 6.29 Å². The maximum atomic E-state index is 11.4. The number of fused-ring (bicyclic) bond motifs is 1. The average molecular weight is 329 g/mol. The quantitative estimate of drug-likeness (QED) is 0.522. The van der Waals surface area contributed by atoms with Crippen molar-refractivity contribution in [2.75, 3.05) is 6.61 Å². The molecule has 128 valence electrons. The monoisotopic (exact) mass is 329 g/mol. The van der Waals surface area contributed by atoms with Crippen molar-refractivity contribution in [1.29, 1.82) is 0 Å². The summed E-state index contributed by atoms with van der Waals surface area (Å²) in [5.41, 5.74) is 0. The fourth-order valence-electron chi connectivity index (χ4n) is 2.53. The van der Waals surface area contributed by atoms with E-state index in [0.717, 1.165) is 0 Å². The summed E-state index contributed by atoms with van der Waals surface area (Å²) in [5, 5.41) is 0. The van der Waals surface area contributed by atoms with Gasteiger partial charge >= 0.3 is 17.9 Å². The standard InChI is InChI=1S/C14H19NO8/c1-6-15-11-13(22-9(4)18)12(21-8(3)17)10(5-19-7(2)16)23-14(11)20-6/h10-14H,5H2,1-4H3/t10?,11?,12-,13-,14-/m1/s1. The molecule has 2 unspecified atom stereocenters. The second-order valence-corrected chi connectivity index (χ2v) is 5.25. The van der Waals surface area contributed by atoms with Gasteiger partial charge in [0.05, 0.1) is 0 Å². The number of esters is 3. The number of ether oxygens (including phenoxy) is 5. The lowest BCUT2D eigenvalue weighted by molar-refractivity contribution is -0.249. The summed E-state index contributed by atoms with van der Waals surface area (Å²) in [6.07, 6.45) is -3.50. The topological polar surface area (TPSA) is 110 Å². The Hall–Kier alpha value is -2.16. The van der Waals surface area contributed by atoms with E-state index in [0.29, 0.717) is 5.90 Å². The van der Waals surface area contributed by atoms with E-state index in [1.54, 1.807) is 6.92 Å². The van der Waals surface area contributed by atoms with E-state index in [1.165, 1.54) is 20.8 Å². The van der Waals surface area contributed by atoms with Gasteiger partial charge in [0.25, 0.3) is 0 Å². The molecule has 1 fully saturated rings. The second-order valence-electron chi connectivity index (χ2n) is 5.25. The molecule has 0 amide bonds. The minimum absolute atomic E-state index is 0.170. The molecule has 23 heavy (non-hydrogen) atoms. The van der Waals surface area contributed by atoms with E-state index >= 15 is 0 Å². The highest BCUT2D eigenvalue weighted by Crippen LogP contribution is 2.32. The largest absolute Gasteiger partial charge is 0.463 e. The molecule has 0 aromatic rings. The summed E-state index contributed by atoms with van der Waals surface area (Å²) >= 11 is 0. The molecule has 0 spiro atoms. The lowest BCUT2D eigenvalue weighted by Crippen LogP contribution is -2.60. The maximum Gasteiger partial charge on any atom is 0.303 e. The summed E-state index contributed by atoms with van der Waals surface area (Å²) in [5.74, 6) is -1.28. The van der Waals surface area contributed by atoms with Crippen molar-refractivity contribution < 1.29 is 38.1 Å². The highest BCUT2D eigenvalue weighted by atomic mass is 16.7. The molecule has 2 rings (SSSR count). The molecule has 0 saturated carbocycles. The molecule has 0 aromatic heterocycles. The Balaban J connectivity index is 2.26. The van der Waals surface area contributed by atoms with Gasteiger partial charge in [-0.3, -0.25) is 14.4 Å². The molecule has 2 aliphatic heterocycles. The van der Waals surface area contributed by atoms with Gasteiger partial charge in [0.15, 0.2) is 24.1 Å². The van der Waals surface area contributed by atoms with Crippen molar-refractivity contribution in [3.63, 3.8) is 0 Å². The zero-order chi connectivity index (χ0) is 17.1. The minimum atomic E-state index is -0.963. The van der Waals surface area contributed by atoms with Gasteiger partial charge in [-0.1, -0.05) is 0 Å². The first-order chi connectivity index (χ1) is 10.8. The van der Waals surface area contributed by atoms with Crippen LogP contribution >= 0.6 is 0 Å². The van der Waals surface area contributed by atoms with Crippen LogP contribution in [0, 0.1) is 0 Å². The minimum Gasteiger partial charge on any atom is -0.463 e. The van der Waals surface area contributed by atoms with Crippen molar-refractivity contribution in [2.24, 2.45) is 4.99 Å². The fraction of sp³-hybridized carbons (Fsp3) is 0.714. The number of nitrogens with zero attached hydrogens (tertiary/aromatic N) is 1. The third-order valence-corrected chi connectivity index (χ3v) is 3.29. The van der Waals surface area contributed by atoms with E-state index in [4.69, 9.17) is 23.7 Å². The molecular weight excluding hydrogens is 310 g/mol. The van der Waals surface area contributed by atoms with Crippen LogP contribution in [0.15, 0.2) is 4.99 Å². The number of rotatable bonds is 4. The van der Waals surface area contributed by atoms with Gasteiger partial charge in [-0.2, -0.15) is 0 Å². The summed E-state index contributed by atoms with van der Waals surface area (Å²) in [6.45, 7) is 5.17. The van der Waals surface area contributed by atoms with Crippen molar-refractivity contribution in [2.45, 2.75) is 58.3 Å². The van der Waals surface area contributed by atoms with Gasteiger partial charge in [-0.25, -0.2) is 4.99 Å². The van der Waals surface area contributed by atoms with Crippen LogP contribution in [-0.4, -0.2) is 61.1 Å². The maximum absolute atomic E-state index is 11.4. The molecule has 2 aliphatic rings. The smallest absolute Gasteiger partial charge is 0.303 e. The van der Waals surface area contributed by atoms with Crippen LogP contribution < -0.4 is 0 Å². The second kappa shape index (κ2) is 6.95. The first-order valence-corrected chi connectivity index (χ1v) is 7.12. The predicted octanol–water partition coefficient (Wildman–Crippen LogP) is -0.0450. The van der Waals surface area contributed by atoms with E-state index in [2.05, 4.69) is 4.99 Å². The SMILES string of the molecule is CC(=O)OCC1O[C@H]2OC(C)=NC2[C@@H](OC(C)=O)[C@@H]1OC(C)=O. The highest BCUT2D eigenvalue weighted by molar-refractivity contribution is 5.75. The Labute approximate surface area is 132 Å². The number of carbonyl (C=O) groups excluding carboxylic acids is 3. The zero-order valence-corrected chi connectivity index (χ0v) is 13.3. The van der Waals surface area contributed by atoms with Crippen molar-refractivity contribution >= 4 is 23.8 Å². The lowest BCUT2D eigenvalue weighted by atomic mass is 9.97. The van der Waals surface area contributed by atoms with E-state index in [9.17, 15) is 14.4 Å². The molecule has 9 heteroatoms. The Morgan fingerprint density at radius 3 is 2.22 bits per heavy atom. The number of hydrogen-bond acceptors (Lipinski definition) is 9.